The first-order valence-corrected chi connectivity index (χ1v) is 8.53. The number of carboxylic acid groups (broad SMARTS) is 1. The normalized spacial score (nSPS) is 19.4. The van der Waals surface area contributed by atoms with E-state index in [0.717, 1.165) is 16.7 Å². The van der Waals surface area contributed by atoms with Crippen molar-refractivity contribution in [1.29, 1.82) is 0 Å². The number of aliphatic carboxylic acids is 1. The average Bonchev–Trinajstić information content (AvgIpc) is 2.67. The minimum atomic E-state index is -0.919. The van der Waals surface area contributed by atoms with Crippen LogP contribution in [0.2, 0.25) is 0 Å². The Hall–Kier alpha value is -2.85. The molecule has 0 fully saturated rings. The van der Waals surface area contributed by atoms with Crippen LogP contribution in [0, 0.1) is 0 Å². The number of hydrogen-bond acceptors (Lipinski definition) is 3. The second-order valence-corrected chi connectivity index (χ2v) is 6.37. The zero-order chi connectivity index (χ0) is 18.4. The quantitative estimate of drug-likeness (QED) is 0.802. The highest BCUT2D eigenvalue weighted by Crippen LogP contribution is 2.37. The van der Waals surface area contributed by atoms with Crippen molar-refractivity contribution < 1.29 is 19.4 Å². The molecule has 2 aromatic carbocycles. The van der Waals surface area contributed by atoms with E-state index in [2.05, 4.69) is 0 Å². The first kappa shape index (κ1) is 18.0. The minimum Gasteiger partial charge on any atom is -0.489 e. The number of hydrogen-bond donors (Lipinski definition) is 1. The Morgan fingerprint density at radius 3 is 2.35 bits per heavy atom. The van der Waals surface area contributed by atoms with Crippen LogP contribution in [0.5, 0.6) is 0 Å². The Kier molecular flexibility index (Phi) is 5.54. The van der Waals surface area contributed by atoms with Gasteiger partial charge in [-0.1, -0.05) is 60.7 Å². The second-order valence-electron chi connectivity index (χ2n) is 6.37. The molecule has 1 N–H and O–H groups in total. The number of allylic oxidation sites excluding steroid dienone is 1. The molecule has 0 saturated heterocycles. The summed E-state index contributed by atoms with van der Waals surface area (Å²) in [6, 6.07) is 19.8. The molecule has 1 unspecified atom stereocenters. The van der Waals surface area contributed by atoms with Crippen LogP contribution in [0.4, 0.5) is 0 Å². The lowest BCUT2D eigenvalue weighted by Gasteiger charge is -2.33. The summed E-state index contributed by atoms with van der Waals surface area (Å²) in [5.74, 6) is -0.276. The first-order chi connectivity index (χ1) is 12.6. The van der Waals surface area contributed by atoms with Crippen molar-refractivity contribution in [2.24, 2.45) is 0 Å². The van der Waals surface area contributed by atoms with Crippen LogP contribution in [0.1, 0.15) is 24.0 Å². The molecule has 0 amide bonds. The van der Waals surface area contributed by atoms with Gasteiger partial charge in [-0.25, -0.2) is 0 Å². The fraction of sp³-hybridized carbons (Fsp3) is 0.227. The topological polar surface area (TPSA) is 55.8 Å². The summed E-state index contributed by atoms with van der Waals surface area (Å²) in [5.41, 5.74) is 2.17. The van der Waals surface area contributed by atoms with Crippen molar-refractivity contribution in [1.82, 2.24) is 0 Å². The third-order valence-corrected chi connectivity index (χ3v) is 4.46. The maximum atomic E-state index is 11.4. The molecule has 0 aliphatic heterocycles. The Bertz CT molecular complexity index is 809. The van der Waals surface area contributed by atoms with Gasteiger partial charge in [0.1, 0.15) is 18.0 Å². The third kappa shape index (κ3) is 4.41. The molecule has 0 radical (unpaired) electrons. The molecule has 1 atom stereocenters. The Morgan fingerprint density at radius 1 is 1.08 bits per heavy atom. The van der Waals surface area contributed by atoms with Crippen LogP contribution in [0.15, 0.2) is 78.6 Å². The molecular weight excluding hydrogens is 328 g/mol. The highest BCUT2D eigenvalue weighted by molar-refractivity contribution is 5.74. The van der Waals surface area contributed by atoms with E-state index in [1.807, 2.05) is 66.7 Å². The Balaban J connectivity index is 1.90. The van der Waals surface area contributed by atoms with Gasteiger partial charge in [0.25, 0.3) is 0 Å². The van der Waals surface area contributed by atoms with E-state index in [-0.39, 0.29) is 6.42 Å². The van der Waals surface area contributed by atoms with E-state index < -0.39 is 11.6 Å². The highest BCUT2D eigenvalue weighted by atomic mass is 16.5. The zero-order valence-corrected chi connectivity index (χ0v) is 14.7. The molecule has 4 nitrogen and oxygen atoms in total. The van der Waals surface area contributed by atoms with E-state index in [9.17, 15) is 9.90 Å². The lowest BCUT2D eigenvalue weighted by Crippen LogP contribution is -2.34. The molecular formula is C22H22O4. The number of methoxy groups -OCH3 is 1. The largest absolute Gasteiger partial charge is 0.489 e. The van der Waals surface area contributed by atoms with Crippen molar-refractivity contribution in [3.8, 4) is 0 Å². The molecule has 3 rings (SSSR count). The number of ether oxygens (including phenoxy) is 2. The van der Waals surface area contributed by atoms with E-state index in [0.29, 0.717) is 18.8 Å². The van der Waals surface area contributed by atoms with Gasteiger partial charge < -0.3 is 14.6 Å². The molecule has 26 heavy (non-hydrogen) atoms. The van der Waals surface area contributed by atoms with Crippen LogP contribution in [0.25, 0.3) is 5.57 Å². The first-order valence-electron chi connectivity index (χ1n) is 8.53. The van der Waals surface area contributed by atoms with E-state index in [4.69, 9.17) is 9.47 Å². The SMILES string of the molecule is COC1(CC(=O)O)C=C(OCc2ccccc2)C=C(c2ccccc2)C1. The van der Waals surface area contributed by atoms with Gasteiger partial charge in [-0.05, 0) is 28.9 Å². The van der Waals surface area contributed by atoms with Gasteiger partial charge >= 0.3 is 5.97 Å². The third-order valence-electron chi connectivity index (χ3n) is 4.46. The lowest BCUT2D eigenvalue weighted by atomic mass is 9.83. The molecule has 1 aliphatic rings. The maximum absolute atomic E-state index is 11.4. The smallest absolute Gasteiger partial charge is 0.306 e. The number of carboxylic acids is 1. The summed E-state index contributed by atoms with van der Waals surface area (Å²) >= 11 is 0. The molecule has 0 heterocycles. The van der Waals surface area contributed by atoms with Gasteiger partial charge in [0.15, 0.2) is 0 Å². The van der Waals surface area contributed by atoms with Gasteiger partial charge in [0.2, 0.25) is 0 Å². The summed E-state index contributed by atoms with van der Waals surface area (Å²) in [6.07, 6.45) is 4.12. The summed E-state index contributed by atoms with van der Waals surface area (Å²) in [6.45, 7) is 0.415. The monoisotopic (exact) mass is 350 g/mol. The van der Waals surface area contributed by atoms with Crippen LogP contribution < -0.4 is 0 Å². The van der Waals surface area contributed by atoms with Crippen LogP contribution in [-0.2, 0) is 20.9 Å². The lowest BCUT2D eigenvalue weighted by molar-refractivity contribution is -0.141. The van der Waals surface area contributed by atoms with Crippen molar-refractivity contribution in [3.05, 3.63) is 89.7 Å². The summed E-state index contributed by atoms with van der Waals surface area (Å²) in [7, 11) is 1.54. The van der Waals surface area contributed by atoms with E-state index in [1.54, 1.807) is 13.2 Å². The molecule has 4 heteroatoms. The van der Waals surface area contributed by atoms with Gasteiger partial charge in [-0.15, -0.1) is 0 Å². The van der Waals surface area contributed by atoms with Crippen molar-refractivity contribution in [2.45, 2.75) is 25.0 Å². The predicted molar refractivity (Wildman–Crippen MR) is 100 cm³/mol. The fourth-order valence-electron chi connectivity index (χ4n) is 3.13. The number of carbonyl (C=O) groups is 1. The number of rotatable bonds is 7. The highest BCUT2D eigenvalue weighted by Gasteiger charge is 2.35. The molecule has 134 valence electrons. The van der Waals surface area contributed by atoms with E-state index >= 15 is 0 Å². The van der Waals surface area contributed by atoms with Gasteiger partial charge in [0.05, 0.1) is 6.42 Å². The molecule has 1 aliphatic carbocycles. The van der Waals surface area contributed by atoms with Crippen molar-refractivity contribution in [2.75, 3.05) is 7.11 Å². The molecule has 0 saturated carbocycles. The molecule has 0 aromatic heterocycles. The maximum Gasteiger partial charge on any atom is 0.306 e. The fourth-order valence-corrected chi connectivity index (χ4v) is 3.13. The molecule has 0 spiro atoms. The van der Waals surface area contributed by atoms with Crippen LogP contribution >= 0.6 is 0 Å². The molecule has 0 bridgehead atoms. The molecule has 2 aromatic rings. The van der Waals surface area contributed by atoms with Crippen molar-refractivity contribution >= 4 is 11.5 Å². The van der Waals surface area contributed by atoms with Gasteiger partial charge in [-0.3, -0.25) is 4.79 Å². The summed E-state index contributed by atoms with van der Waals surface area (Å²) in [5, 5.41) is 9.34. The van der Waals surface area contributed by atoms with Gasteiger partial charge in [0, 0.05) is 13.5 Å². The zero-order valence-electron chi connectivity index (χ0n) is 14.7. The second kappa shape index (κ2) is 8.02. The minimum absolute atomic E-state index is 0.119. The van der Waals surface area contributed by atoms with E-state index in [1.165, 1.54) is 0 Å². The summed E-state index contributed by atoms with van der Waals surface area (Å²) in [4.78, 5) is 11.4. The van der Waals surface area contributed by atoms with Crippen LogP contribution in [-0.4, -0.2) is 23.8 Å². The Morgan fingerprint density at radius 2 is 1.73 bits per heavy atom. The van der Waals surface area contributed by atoms with Crippen LogP contribution in [0.3, 0.4) is 0 Å². The average molecular weight is 350 g/mol. The summed E-state index contributed by atoms with van der Waals surface area (Å²) < 4.78 is 11.6. The van der Waals surface area contributed by atoms with Gasteiger partial charge in [-0.2, -0.15) is 0 Å². The Labute approximate surface area is 153 Å². The predicted octanol–water partition coefficient (Wildman–Crippen LogP) is 4.43. The standard InChI is InChI=1S/C22H22O4/c1-25-22(15-21(23)24)13-19(18-10-6-3-7-11-18)12-20(14-22)26-16-17-8-4-2-5-9-17/h2-12,14H,13,15-16H2,1H3,(H,23,24). The van der Waals surface area contributed by atoms with Crippen molar-refractivity contribution in [3.63, 3.8) is 0 Å². The number of benzene rings is 2.